The van der Waals surface area contributed by atoms with Gasteiger partial charge < -0.3 is 20.8 Å². The maximum Gasteiger partial charge on any atom is 0.326 e. The first-order valence-corrected chi connectivity index (χ1v) is 21.4. The van der Waals surface area contributed by atoms with Gasteiger partial charge in [-0.15, -0.1) is 0 Å². The number of nitrogens with one attached hydrogen (secondary N) is 2. The molecule has 2 heterocycles. The third kappa shape index (κ3) is 19.1. The number of rotatable bonds is 25. The largest absolute Gasteiger partial charge is 0.481 e. The zero-order valence-corrected chi connectivity index (χ0v) is 28.7. The molecule has 2 aliphatic heterocycles. The molecule has 236 valence electrons. The molecule has 0 saturated carbocycles. The molecule has 0 bridgehead atoms. The van der Waals surface area contributed by atoms with Gasteiger partial charge in [-0.25, -0.2) is 4.79 Å². The Morgan fingerprint density at radius 2 is 1.17 bits per heavy atom. The van der Waals surface area contributed by atoms with E-state index < -0.39 is 18.0 Å². The lowest BCUT2D eigenvalue weighted by Crippen LogP contribution is -2.41. The van der Waals surface area contributed by atoms with Gasteiger partial charge in [-0.3, -0.25) is 14.4 Å². The van der Waals surface area contributed by atoms with Gasteiger partial charge in [-0.2, -0.15) is 0 Å². The highest BCUT2D eigenvalue weighted by atomic mass is 33.2. The summed E-state index contributed by atoms with van der Waals surface area (Å²) in [5.74, 6) is -2.24. The van der Waals surface area contributed by atoms with E-state index in [1.54, 1.807) is 0 Å². The van der Waals surface area contributed by atoms with Gasteiger partial charge >= 0.3 is 11.9 Å². The Morgan fingerprint density at radius 1 is 0.634 bits per heavy atom. The van der Waals surface area contributed by atoms with Crippen molar-refractivity contribution in [2.45, 2.75) is 135 Å². The molecule has 1 atom stereocenters. The van der Waals surface area contributed by atoms with E-state index in [1.165, 1.54) is 32.1 Å². The number of hydrogen-bond acceptors (Lipinski definition) is 10. The minimum atomic E-state index is -1.10. The molecular weight excluding hydrogens is 641 g/mol. The Kier molecular flexibility index (Phi) is 20.4. The first kappa shape index (κ1) is 37.2. The lowest BCUT2D eigenvalue weighted by molar-refractivity contribution is -0.142. The van der Waals surface area contributed by atoms with E-state index in [9.17, 15) is 24.3 Å². The lowest BCUT2D eigenvalue weighted by Gasteiger charge is -2.23. The van der Waals surface area contributed by atoms with Crippen molar-refractivity contribution < 1.29 is 29.4 Å². The van der Waals surface area contributed by atoms with Crippen LogP contribution in [0, 0.1) is 0 Å². The maximum absolute atomic E-state index is 12.2. The van der Waals surface area contributed by atoms with Gasteiger partial charge in [-0.1, -0.05) is 107 Å². The molecule has 41 heavy (non-hydrogen) atoms. The van der Waals surface area contributed by atoms with Crippen LogP contribution in [0.1, 0.15) is 122 Å². The van der Waals surface area contributed by atoms with E-state index in [4.69, 9.17) is 5.11 Å². The third-order valence-corrected chi connectivity index (χ3v) is 20.6. The second-order valence-electron chi connectivity index (χ2n) is 10.4. The third-order valence-electron chi connectivity index (χ3n) is 6.76. The Bertz CT molecular complexity index is 794. The number of hydrogen-bond donors (Lipinski definition) is 4. The molecule has 0 aliphatic carbocycles. The van der Waals surface area contributed by atoms with Crippen molar-refractivity contribution in [3.05, 3.63) is 0 Å². The summed E-state index contributed by atoms with van der Waals surface area (Å²) in [6.07, 6.45) is 16.6. The monoisotopic (exact) mass is 686 g/mol. The molecule has 14 heteroatoms. The van der Waals surface area contributed by atoms with Crippen LogP contribution in [0.25, 0.3) is 0 Å². The van der Waals surface area contributed by atoms with Crippen molar-refractivity contribution in [3.63, 3.8) is 0 Å². The van der Waals surface area contributed by atoms with Crippen LogP contribution in [0.3, 0.4) is 0 Å². The highest BCUT2D eigenvalue weighted by Gasteiger charge is 2.52. The number of carboxylic acid groups (broad SMARTS) is 2. The smallest absolute Gasteiger partial charge is 0.326 e. The molecule has 2 fully saturated rings. The first-order valence-electron chi connectivity index (χ1n) is 14.9. The highest BCUT2D eigenvalue weighted by Crippen LogP contribution is 2.84. The summed E-state index contributed by atoms with van der Waals surface area (Å²) < 4.78 is 0.923. The number of amides is 2. The van der Waals surface area contributed by atoms with Crippen molar-refractivity contribution in [2.75, 3.05) is 6.54 Å². The van der Waals surface area contributed by atoms with Crippen LogP contribution in [0.4, 0.5) is 0 Å². The minimum Gasteiger partial charge on any atom is -0.481 e. The molecular formula is C27H46N2O6S6. The van der Waals surface area contributed by atoms with Crippen LogP contribution in [0.5, 0.6) is 0 Å². The molecule has 0 radical (unpaired) electrons. The number of carbonyl (C=O) groups excluding carboxylic acids is 2. The van der Waals surface area contributed by atoms with Gasteiger partial charge in [0, 0.05) is 25.8 Å². The van der Waals surface area contributed by atoms with Crippen LogP contribution in [-0.4, -0.2) is 53.9 Å². The summed E-state index contributed by atoms with van der Waals surface area (Å²) >= 11 is 0. The van der Waals surface area contributed by atoms with Gasteiger partial charge in [0.1, 0.15) is 6.04 Å². The van der Waals surface area contributed by atoms with Gasteiger partial charge in [0.2, 0.25) is 11.8 Å². The zero-order valence-electron chi connectivity index (χ0n) is 23.8. The number of aliphatic carboxylic acids is 2. The average Bonchev–Trinajstić information content (AvgIpc) is 3.70. The molecule has 1 unspecified atom stereocenters. The van der Waals surface area contributed by atoms with Gasteiger partial charge in [-0.05, 0) is 60.1 Å². The van der Waals surface area contributed by atoms with E-state index in [0.29, 0.717) is 20.3 Å². The standard InChI is InChI=1S/C27H46N2O6S6/c30-22(28-20-14-13-17-25-36-38-27(39-37-25)40-41-27)19-18-21(26(34)35)29-23(31)15-11-9-7-5-3-1-2-4-6-8-10-12-16-24(32)33/h21,25H,1-20H2,(H,28,30)(H,29,31)(H,32,33)(H,34,35). The Labute approximate surface area is 268 Å². The van der Waals surface area contributed by atoms with E-state index in [1.807, 2.05) is 64.8 Å². The first-order chi connectivity index (χ1) is 19.8. The van der Waals surface area contributed by atoms with Crippen molar-refractivity contribution in [1.29, 1.82) is 0 Å². The van der Waals surface area contributed by atoms with Crippen LogP contribution < -0.4 is 10.6 Å². The van der Waals surface area contributed by atoms with Crippen molar-refractivity contribution in [3.8, 4) is 0 Å². The summed E-state index contributed by atoms with van der Waals surface area (Å²) in [6, 6.07) is -1.04. The molecule has 2 saturated heterocycles. The summed E-state index contributed by atoms with van der Waals surface area (Å²) in [5, 5.41) is 23.6. The fourth-order valence-electron chi connectivity index (χ4n) is 4.32. The second-order valence-corrected chi connectivity index (χ2v) is 20.1. The predicted molar refractivity (Wildman–Crippen MR) is 180 cm³/mol. The average molecular weight is 687 g/mol. The van der Waals surface area contributed by atoms with Crippen LogP contribution in [0.15, 0.2) is 0 Å². The Morgan fingerprint density at radius 3 is 1.68 bits per heavy atom. The fraction of sp³-hybridized carbons (Fsp3) is 0.852. The normalized spacial score (nSPS) is 16.8. The van der Waals surface area contributed by atoms with Crippen LogP contribution in [-0.2, 0) is 19.2 Å². The van der Waals surface area contributed by atoms with E-state index in [-0.39, 0.29) is 31.1 Å². The molecule has 8 nitrogen and oxygen atoms in total. The molecule has 4 N–H and O–H groups in total. The van der Waals surface area contributed by atoms with Gasteiger partial charge in [0.25, 0.3) is 0 Å². The summed E-state index contributed by atoms with van der Waals surface area (Å²) in [5.41, 5.74) is 0. The second kappa shape index (κ2) is 22.5. The van der Waals surface area contributed by atoms with Gasteiger partial charge in [0.05, 0.1) is 4.58 Å². The predicted octanol–water partition coefficient (Wildman–Crippen LogP) is 8.28. The molecule has 2 rings (SSSR count). The SMILES string of the molecule is O=C(O)CCCCCCCCCCCCCCC(=O)NC(CCC(=O)NCCCCC1SSC2(SS1)SS2)C(=O)O. The van der Waals surface area contributed by atoms with E-state index in [2.05, 4.69) is 10.6 Å². The fourth-order valence-corrected chi connectivity index (χ4v) is 17.8. The van der Waals surface area contributed by atoms with E-state index in [0.717, 1.165) is 64.2 Å². The van der Waals surface area contributed by atoms with Crippen LogP contribution >= 0.6 is 64.8 Å². The maximum atomic E-state index is 12.2. The number of unbranched alkanes of at least 4 members (excludes halogenated alkanes) is 12. The molecule has 0 aromatic carbocycles. The number of carbonyl (C=O) groups is 4. The van der Waals surface area contributed by atoms with Gasteiger partial charge in [0.15, 0.2) is 2.74 Å². The quantitative estimate of drug-likeness (QED) is 0.0418. The summed E-state index contributed by atoms with van der Waals surface area (Å²) in [6.45, 7) is 0.594. The van der Waals surface area contributed by atoms with E-state index >= 15 is 0 Å². The topological polar surface area (TPSA) is 133 Å². The zero-order chi connectivity index (χ0) is 29.8. The number of carboxylic acids is 2. The van der Waals surface area contributed by atoms with Crippen molar-refractivity contribution in [1.82, 2.24) is 10.6 Å². The molecule has 1 spiro atoms. The van der Waals surface area contributed by atoms with Crippen molar-refractivity contribution >= 4 is 88.5 Å². The highest BCUT2D eigenvalue weighted by molar-refractivity contribution is 9.14. The summed E-state index contributed by atoms with van der Waals surface area (Å²) in [4.78, 5) is 46.5. The summed E-state index contributed by atoms with van der Waals surface area (Å²) in [7, 11) is 11.7. The Hall–Kier alpha value is -0.0200. The molecule has 0 aromatic heterocycles. The van der Waals surface area contributed by atoms with Crippen LogP contribution in [0.2, 0.25) is 0 Å². The lowest BCUT2D eigenvalue weighted by atomic mass is 10.0. The Balaban J connectivity index is 1.38. The molecule has 0 aromatic rings. The molecule has 2 amide bonds. The molecule has 2 aliphatic rings. The van der Waals surface area contributed by atoms with Crippen molar-refractivity contribution in [2.24, 2.45) is 0 Å². The minimum absolute atomic E-state index is 0.0843.